The van der Waals surface area contributed by atoms with Crippen LogP contribution in [0.1, 0.15) is 23.0 Å². The molecule has 0 amide bonds. The molecule has 0 aliphatic heterocycles. The average Bonchev–Trinajstić information content (AvgIpc) is 2.55. The number of aromatic nitrogens is 2. The van der Waals surface area contributed by atoms with Crippen LogP contribution in [-0.2, 0) is 11.8 Å². The second-order valence-electron chi connectivity index (χ2n) is 3.66. The highest BCUT2D eigenvalue weighted by molar-refractivity contribution is 5.95. The van der Waals surface area contributed by atoms with E-state index >= 15 is 0 Å². The van der Waals surface area contributed by atoms with E-state index in [4.69, 9.17) is 4.74 Å². The zero-order valence-electron chi connectivity index (χ0n) is 9.65. The Balaban J connectivity index is 2.51. The van der Waals surface area contributed by atoms with Crippen LogP contribution in [0.2, 0.25) is 0 Å². The third kappa shape index (κ3) is 1.66. The Bertz CT molecular complexity index is 543. The van der Waals surface area contributed by atoms with Gasteiger partial charge >= 0.3 is 5.97 Å². The van der Waals surface area contributed by atoms with E-state index < -0.39 is 0 Å². The number of ether oxygens (including phenoxy) is 1. The summed E-state index contributed by atoms with van der Waals surface area (Å²) in [5.41, 5.74) is 2.51. The number of nitrogens with zero attached hydrogens (tertiary/aromatic N) is 2. The number of aryl methyl sites for hydroxylation is 2. The van der Waals surface area contributed by atoms with Crippen LogP contribution < -0.4 is 0 Å². The molecule has 0 fully saturated rings. The molecule has 1 aromatic heterocycles. The first-order chi connectivity index (χ1) is 7.63. The van der Waals surface area contributed by atoms with Crippen LogP contribution in [0.4, 0.5) is 0 Å². The third-order valence-corrected chi connectivity index (χ3v) is 2.55. The fraction of sp³-hybridized carbons (Fsp3) is 0.333. The Hall–Kier alpha value is -1.84. The van der Waals surface area contributed by atoms with Gasteiger partial charge in [0.1, 0.15) is 0 Å². The molecule has 16 heavy (non-hydrogen) atoms. The molecular formula is C12H14N2O2. The van der Waals surface area contributed by atoms with Gasteiger partial charge in [-0.15, -0.1) is 0 Å². The van der Waals surface area contributed by atoms with Crippen molar-refractivity contribution in [3.8, 4) is 0 Å². The van der Waals surface area contributed by atoms with Gasteiger partial charge in [-0.25, -0.2) is 4.79 Å². The molecule has 1 heterocycles. The van der Waals surface area contributed by atoms with Crippen LogP contribution in [0.15, 0.2) is 18.2 Å². The third-order valence-electron chi connectivity index (χ3n) is 2.55. The monoisotopic (exact) mass is 218 g/mol. The summed E-state index contributed by atoms with van der Waals surface area (Å²) >= 11 is 0. The Morgan fingerprint density at radius 3 is 2.94 bits per heavy atom. The zero-order valence-corrected chi connectivity index (χ0v) is 9.65. The first-order valence-electron chi connectivity index (χ1n) is 5.24. The van der Waals surface area contributed by atoms with Gasteiger partial charge in [-0.2, -0.15) is 5.10 Å². The molecule has 0 atom stereocenters. The van der Waals surface area contributed by atoms with Crippen LogP contribution >= 0.6 is 0 Å². The lowest BCUT2D eigenvalue weighted by Gasteiger charge is -2.01. The molecule has 2 rings (SSSR count). The Labute approximate surface area is 93.8 Å². The lowest BCUT2D eigenvalue weighted by Crippen LogP contribution is -2.04. The predicted octanol–water partition coefficient (Wildman–Crippen LogP) is 2.06. The zero-order chi connectivity index (χ0) is 11.7. The van der Waals surface area contributed by atoms with E-state index in [1.165, 1.54) is 0 Å². The van der Waals surface area contributed by atoms with Crippen molar-refractivity contribution in [3.05, 3.63) is 29.5 Å². The molecule has 0 aliphatic carbocycles. The molecule has 2 aromatic rings. The van der Waals surface area contributed by atoms with Gasteiger partial charge in [0.2, 0.25) is 0 Å². The Morgan fingerprint density at radius 1 is 1.50 bits per heavy atom. The van der Waals surface area contributed by atoms with E-state index in [1.54, 1.807) is 17.7 Å². The summed E-state index contributed by atoms with van der Waals surface area (Å²) in [6.07, 6.45) is 0. The highest BCUT2D eigenvalue weighted by atomic mass is 16.5. The molecular weight excluding hydrogens is 204 g/mol. The molecule has 4 heteroatoms. The van der Waals surface area contributed by atoms with Gasteiger partial charge in [-0.1, -0.05) is 0 Å². The molecule has 0 bridgehead atoms. The standard InChI is InChI=1S/C12H14N2O2/c1-4-16-12(15)9-5-6-11-10(7-9)8(2)13-14(11)3/h5-7H,4H2,1-3H3. The molecule has 4 nitrogen and oxygen atoms in total. The van der Waals surface area contributed by atoms with E-state index in [9.17, 15) is 4.79 Å². The van der Waals surface area contributed by atoms with Crippen molar-refractivity contribution in [1.29, 1.82) is 0 Å². The first kappa shape index (κ1) is 10.7. The molecule has 0 spiro atoms. The largest absolute Gasteiger partial charge is 0.462 e. The van der Waals surface area contributed by atoms with Crippen molar-refractivity contribution in [3.63, 3.8) is 0 Å². The van der Waals surface area contributed by atoms with E-state index in [1.807, 2.05) is 26.1 Å². The van der Waals surface area contributed by atoms with Crippen LogP contribution in [0, 0.1) is 6.92 Å². The van der Waals surface area contributed by atoms with Gasteiger partial charge in [-0.3, -0.25) is 4.68 Å². The Morgan fingerprint density at radius 2 is 2.25 bits per heavy atom. The van der Waals surface area contributed by atoms with Gasteiger partial charge in [0.05, 0.1) is 23.4 Å². The molecule has 0 radical (unpaired) electrons. The molecule has 0 unspecified atom stereocenters. The van der Waals surface area contributed by atoms with Crippen LogP contribution in [-0.4, -0.2) is 22.4 Å². The first-order valence-corrected chi connectivity index (χ1v) is 5.24. The minimum Gasteiger partial charge on any atom is -0.462 e. The lowest BCUT2D eigenvalue weighted by atomic mass is 10.1. The molecule has 0 saturated heterocycles. The fourth-order valence-electron chi connectivity index (χ4n) is 1.78. The van der Waals surface area contributed by atoms with Crippen molar-refractivity contribution in [1.82, 2.24) is 9.78 Å². The number of esters is 1. The summed E-state index contributed by atoms with van der Waals surface area (Å²) in [5, 5.41) is 5.29. The van der Waals surface area contributed by atoms with Crippen LogP contribution in [0.5, 0.6) is 0 Å². The lowest BCUT2D eigenvalue weighted by molar-refractivity contribution is 0.0526. The molecule has 0 N–H and O–H groups in total. The second-order valence-corrected chi connectivity index (χ2v) is 3.66. The summed E-state index contributed by atoms with van der Waals surface area (Å²) in [5.74, 6) is -0.285. The number of carbonyl (C=O) groups excluding carboxylic acids is 1. The van der Waals surface area contributed by atoms with Crippen LogP contribution in [0.3, 0.4) is 0 Å². The fourth-order valence-corrected chi connectivity index (χ4v) is 1.78. The van der Waals surface area contributed by atoms with Gasteiger partial charge < -0.3 is 4.74 Å². The second kappa shape index (κ2) is 3.96. The van der Waals surface area contributed by atoms with E-state index in [0.717, 1.165) is 16.6 Å². The Kier molecular flexibility index (Phi) is 2.64. The number of benzene rings is 1. The van der Waals surface area contributed by atoms with Crippen molar-refractivity contribution >= 4 is 16.9 Å². The van der Waals surface area contributed by atoms with Gasteiger partial charge in [0, 0.05) is 12.4 Å². The summed E-state index contributed by atoms with van der Waals surface area (Å²) in [6, 6.07) is 5.48. The van der Waals surface area contributed by atoms with Crippen molar-refractivity contribution in [2.45, 2.75) is 13.8 Å². The summed E-state index contributed by atoms with van der Waals surface area (Å²) in [4.78, 5) is 11.6. The van der Waals surface area contributed by atoms with E-state index in [2.05, 4.69) is 5.10 Å². The van der Waals surface area contributed by atoms with Crippen molar-refractivity contribution in [2.24, 2.45) is 7.05 Å². The number of carbonyl (C=O) groups is 1. The van der Waals surface area contributed by atoms with Gasteiger partial charge in [0.25, 0.3) is 0 Å². The van der Waals surface area contributed by atoms with Crippen LogP contribution in [0.25, 0.3) is 10.9 Å². The minimum atomic E-state index is -0.285. The van der Waals surface area contributed by atoms with Gasteiger partial charge in [-0.05, 0) is 32.0 Å². The van der Waals surface area contributed by atoms with Crippen molar-refractivity contribution < 1.29 is 9.53 Å². The molecule has 84 valence electrons. The quantitative estimate of drug-likeness (QED) is 0.725. The minimum absolute atomic E-state index is 0.285. The number of hydrogen-bond acceptors (Lipinski definition) is 3. The maximum atomic E-state index is 11.6. The number of rotatable bonds is 2. The number of fused-ring (bicyclic) bond motifs is 1. The highest BCUT2D eigenvalue weighted by Gasteiger charge is 2.10. The summed E-state index contributed by atoms with van der Waals surface area (Å²) < 4.78 is 6.76. The highest BCUT2D eigenvalue weighted by Crippen LogP contribution is 2.19. The predicted molar refractivity (Wildman–Crippen MR) is 61.4 cm³/mol. The van der Waals surface area contributed by atoms with Gasteiger partial charge in [0.15, 0.2) is 0 Å². The topological polar surface area (TPSA) is 44.1 Å². The molecule has 1 aromatic carbocycles. The summed E-state index contributed by atoms with van der Waals surface area (Å²) in [6.45, 7) is 4.12. The normalized spacial score (nSPS) is 10.7. The average molecular weight is 218 g/mol. The molecule has 0 saturated carbocycles. The summed E-state index contributed by atoms with van der Waals surface area (Å²) in [7, 11) is 1.89. The molecule has 0 aliphatic rings. The maximum Gasteiger partial charge on any atom is 0.338 e. The van der Waals surface area contributed by atoms with Crippen molar-refractivity contribution in [2.75, 3.05) is 6.61 Å². The maximum absolute atomic E-state index is 11.6. The SMILES string of the molecule is CCOC(=O)c1ccc2c(c1)c(C)nn2C. The number of hydrogen-bond donors (Lipinski definition) is 0. The smallest absolute Gasteiger partial charge is 0.338 e. The van der Waals surface area contributed by atoms with E-state index in [-0.39, 0.29) is 5.97 Å². The van der Waals surface area contributed by atoms with E-state index in [0.29, 0.717) is 12.2 Å².